The molecule has 0 aliphatic rings. The number of hydrazone groups is 1. The van der Waals surface area contributed by atoms with Crippen molar-refractivity contribution < 1.29 is 4.40 Å². The van der Waals surface area contributed by atoms with Gasteiger partial charge in [-0.25, -0.2) is 14.4 Å². The lowest BCUT2D eigenvalue weighted by Crippen LogP contribution is -2.26. The maximum absolute atomic E-state index is 5.51. The third-order valence-electron chi connectivity index (χ3n) is 3.67. The first kappa shape index (κ1) is 14.8. The predicted octanol–water partition coefficient (Wildman–Crippen LogP) is 1.30. The topological polar surface area (TPSA) is 71.8 Å². The molecule has 0 radical (unpaired) electrons. The number of pyridine rings is 1. The van der Waals surface area contributed by atoms with Gasteiger partial charge in [0, 0.05) is 18.7 Å². The van der Waals surface area contributed by atoms with Gasteiger partial charge in [0.05, 0.1) is 19.5 Å². The minimum atomic E-state index is 0.283. The van der Waals surface area contributed by atoms with Crippen LogP contribution >= 0.6 is 0 Å². The molecule has 116 valence electrons. The van der Waals surface area contributed by atoms with E-state index in [4.69, 9.17) is 5.73 Å². The van der Waals surface area contributed by atoms with Crippen molar-refractivity contribution >= 4 is 17.8 Å². The molecule has 0 atom stereocenters. The lowest BCUT2D eigenvalue weighted by atomic mass is 10.1. The first-order valence-electron chi connectivity index (χ1n) is 7.26. The van der Waals surface area contributed by atoms with Gasteiger partial charge in [-0.05, 0) is 23.8 Å². The Kier molecular flexibility index (Phi) is 4.05. The van der Waals surface area contributed by atoms with E-state index < -0.39 is 0 Å². The van der Waals surface area contributed by atoms with Crippen LogP contribution in [-0.4, -0.2) is 23.8 Å². The van der Waals surface area contributed by atoms with Gasteiger partial charge in [0.25, 0.3) is 5.65 Å². The zero-order valence-electron chi connectivity index (χ0n) is 13.1. The Bertz CT molecular complexity index is 874. The van der Waals surface area contributed by atoms with Gasteiger partial charge in [-0.2, -0.15) is 5.10 Å². The first-order chi connectivity index (χ1) is 11.2. The normalized spacial score (nSPS) is 12.2. The van der Waals surface area contributed by atoms with Crippen LogP contribution in [0.1, 0.15) is 5.56 Å². The number of aromatic nitrogens is 2. The van der Waals surface area contributed by atoms with Crippen LogP contribution in [0.2, 0.25) is 0 Å². The second-order valence-corrected chi connectivity index (χ2v) is 5.14. The summed E-state index contributed by atoms with van der Waals surface area (Å²) in [4.78, 5) is 3.77. The Hall–Kier alpha value is -3.15. The largest absolute Gasteiger partial charge is 0.369 e. The fraction of sp³-hybridized carbons (Fsp3) is 0.118. The average Bonchev–Trinajstić information content (AvgIpc) is 2.93. The van der Waals surface area contributed by atoms with Gasteiger partial charge >= 0.3 is 0 Å². The van der Waals surface area contributed by atoms with Crippen LogP contribution in [0.15, 0.2) is 65.0 Å². The summed E-state index contributed by atoms with van der Waals surface area (Å²) in [5.74, 6) is 0.283. The number of aliphatic imine (C=N–C) groups is 1. The molecule has 0 amide bonds. The maximum atomic E-state index is 5.51. The highest BCUT2D eigenvalue weighted by molar-refractivity contribution is 5.83. The summed E-state index contributed by atoms with van der Waals surface area (Å²) in [5.41, 5.74) is 12.6. The smallest absolute Gasteiger partial charge is 0.286 e. The zero-order valence-corrected chi connectivity index (χ0v) is 13.1. The molecule has 0 bridgehead atoms. The zero-order chi connectivity index (χ0) is 16.2. The minimum absolute atomic E-state index is 0.283. The second-order valence-electron chi connectivity index (χ2n) is 5.14. The summed E-state index contributed by atoms with van der Waals surface area (Å²) in [6.45, 7) is 0. The van der Waals surface area contributed by atoms with E-state index in [1.807, 2.05) is 30.5 Å². The van der Waals surface area contributed by atoms with Gasteiger partial charge < -0.3 is 5.73 Å². The number of nitrogens with one attached hydrogen (secondary N) is 1. The van der Waals surface area contributed by atoms with E-state index >= 15 is 0 Å². The molecule has 3 N–H and O–H groups in total. The number of nitrogens with zero attached hydrogens (tertiary/aromatic N) is 4. The molecular weight excluding hydrogens is 288 g/mol. The third-order valence-corrected chi connectivity index (χ3v) is 3.67. The molecule has 1 aromatic carbocycles. The number of hydrogen-bond donors (Lipinski definition) is 2. The first-order valence-corrected chi connectivity index (χ1v) is 7.26. The monoisotopic (exact) mass is 307 g/mol. The van der Waals surface area contributed by atoms with E-state index in [0.29, 0.717) is 0 Å². The number of nitrogens with two attached hydrogens (primary N) is 1. The van der Waals surface area contributed by atoms with Crippen LogP contribution in [0, 0.1) is 0 Å². The predicted molar refractivity (Wildman–Crippen MR) is 92.3 cm³/mol. The summed E-state index contributed by atoms with van der Waals surface area (Å²) < 4.78 is 4.28. The summed E-state index contributed by atoms with van der Waals surface area (Å²) in [6.07, 6.45) is 5.88. The summed E-state index contributed by atoms with van der Waals surface area (Å²) >= 11 is 0. The van der Waals surface area contributed by atoms with Crippen molar-refractivity contribution in [1.82, 2.24) is 9.99 Å². The van der Waals surface area contributed by atoms with E-state index in [1.165, 1.54) is 0 Å². The second kappa shape index (κ2) is 6.31. The van der Waals surface area contributed by atoms with Crippen molar-refractivity contribution in [2.45, 2.75) is 0 Å². The standard InChI is InChI=1S/C17H19N6/c1-19-17(18)21-20-11-13-6-8-14(9-7-13)15-12-23-10-4-3-5-16(23)22(15)2/h3-12H,1-2H3,(H3,18,19,21)/q+1/b20-11+. The molecule has 0 aliphatic heterocycles. The number of imidazole rings is 1. The lowest BCUT2D eigenvalue weighted by Gasteiger charge is -1.99. The molecule has 2 aromatic heterocycles. The third kappa shape index (κ3) is 3.06. The van der Waals surface area contributed by atoms with Gasteiger partial charge in [0.1, 0.15) is 6.20 Å². The van der Waals surface area contributed by atoms with Gasteiger partial charge in [-0.3, -0.25) is 4.99 Å². The van der Waals surface area contributed by atoms with Crippen molar-refractivity contribution in [3.05, 3.63) is 60.4 Å². The number of rotatable bonds is 3. The molecular formula is C17H19N6+. The van der Waals surface area contributed by atoms with Crippen molar-refractivity contribution in [3.8, 4) is 11.3 Å². The molecule has 3 rings (SSSR count). The molecule has 0 aliphatic carbocycles. The fourth-order valence-electron chi connectivity index (χ4n) is 2.41. The molecule has 0 unspecified atom stereocenters. The molecule has 3 aromatic rings. The van der Waals surface area contributed by atoms with Crippen LogP contribution < -0.4 is 15.6 Å². The molecule has 0 fully saturated rings. The highest BCUT2D eigenvalue weighted by Crippen LogP contribution is 2.19. The quantitative estimate of drug-likeness (QED) is 0.331. The number of benzene rings is 1. The fourth-order valence-corrected chi connectivity index (χ4v) is 2.41. The Morgan fingerprint density at radius 2 is 2.00 bits per heavy atom. The van der Waals surface area contributed by atoms with Crippen LogP contribution in [0.25, 0.3) is 16.9 Å². The van der Waals surface area contributed by atoms with Crippen LogP contribution in [0.4, 0.5) is 0 Å². The molecule has 23 heavy (non-hydrogen) atoms. The van der Waals surface area contributed by atoms with Gasteiger partial charge in [0.2, 0.25) is 5.96 Å². The molecule has 0 saturated heterocycles. The number of hydrogen-bond acceptors (Lipinski definition) is 2. The molecule has 2 heterocycles. The van der Waals surface area contributed by atoms with E-state index in [9.17, 15) is 0 Å². The van der Waals surface area contributed by atoms with E-state index in [0.717, 1.165) is 22.5 Å². The van der Waals surface area contributed by atoms with Crippen LogP contribution in [0.3, 0.4) is 0 Å². The lowest BCUT2D eigenvalue weighted by molar-refractivity contribution is -0.510. The Balaban J connectivity index is 1.85. The van der Waals surface area contributed by atoms with Crippen molar-refractivity contribution in [2.24, 2.45) is 22.9 Å². The highest BCUT2D eigenvalue weighted by atomic mass is 15.3. The minimum Gasteiger partial charge on any atom is -0.369 e. The Labute approximate surface area is 134 Å². The maximum Gasteiger partial charge on any atom is 0.286 e. The SMILES string of the molecule is CN=C(N)N/N=C/c1ccc(-c2c[n+]3ccccc3n2C)cc1. The van der Waals surface area contributed by atoms with Crippen molar-refractivity contribution in [3.63, 3.8) is 0 Å². The average molecular weight is 307 g/mol. The molecule has 6 nitrogen and oxygen atoms in total. The Morgan fingerprint density at radius 1 is 1.22 bits per heavy atom. The highest BCUT2D eigenvalue weighted by Gasteiger charge is 2.14. The van der Waals surface area contributed by atoms with E-state index in [1.54, 1.807) is 13.3 Å². The summed E-state index contributed by atoms with van der Waals surface area (Å²) in [6, 6.07) is 14.3. The number of guanidine groups is 1. The van der Waals surface area contributed by atoms with E-state index in [-0.39, 0.29) is 5.96 Å². The van der Waals surface area contributed by atoms with Gasteiger partial charge in [-0.15, -0.1) is 0 Å². The molecule has 6 heteroatoms. The van der Waals surface area contributed by atoms with Crippen molar-refractivity contribution in [1.29, 1.82) is 0 Å². The van der Waals surface area contributed by atoms with Gasteiger partial charge in [-0.1, -0.05) is 18.2 Å². The van der Waals surface area contributed by atoms with E-state index in [2.05, 4.69) is 55.9 Å². The number of aryl methyl sites for hydroxylation is 1. The summed E-state index contributed by atoms with van der Waals surface area (Å²) in [5, 5.41) is 4.03. The van der Waals surface area contributed by atoms with Crippen LogP contribution in [-0.2, 0) is 7.05 Å². The molecule has 0 spiro atoms. The van der Waals surface area contributed by atoms with Crippen molar-refractivity contribution in [2.75, 3.05) is 7.05 Å². The van der Waals surface area contributed by atoms with Crippen LogP contribution in [0.5, 0.6) is 0 Å². The van der Waals surface area contributed by atoms with Gasteiger partial charge in [0.15, 0.2) is 5.69 Å². The summed E-state index contributed by atoms with van der Waals surface area (Å²) in [7, 11) is 3.67. The Morgan fingerprint density at radius 3 is 2.70 bits per heavy atom. The molecule has 0 saturated carbocycles. The number of fused-ring (bicyclic) bond motifs is 1.